The summed E-state index contributed by atoms with van der Waals surface area (Å²) in [5, 5.41) is 12.7. The van der Waals surface area contributed by atoms with E-state index < -0.39 is 6.10 Å². The number of rotatable bonds is 9. The minimum atomic E-state index is -0.550. The maximum absolute atomic E-state index is 11.7. The molecule has 0 aliphatic heterocycles. The van der Waals surface area contributed by atoms with Crippen LogP contribution in [0.4, 0.5) is 0 Å². The number of amides is 1. The second-order valence-electron chi connectivity index (χ2n) is 5.12. The first-order valence-electron chi connectivity index (χ1n) is 6.78. The lowest BCUT2D eigenvalue weighted by Gasteiger charge is -2.21. The van der Waals surface area contributed by atoms with Gasteiger partial charge in [-0.3, -0.25) is 4.79 Å². The largest absolute Gasteiger partial charge is 0.389 e. The molecule has 2 unspecified atom stereocenters. The van der Waals surface area contributed by atoms with Crippen molar-refractivity contribution in [2.45, 2.75) is 38.8 Å². The molecule has 0 aromatic carbocycles. The Morgan fingerprint density at radius 1 is 1.56 bits per heavy atom. The van der Waals surface area contributed by atoms with Crippen molar-refractivity contribution in [1.29, 1.82) is 0 Å². The van der Waals surface area contributed by atoms with Crippen LogP contribution in [-0.2, 0) is 9.53 Å². The minimum absolute atomic E-state index is 0.0450. The highest BCUT2D eigenvalue weighted by Crippen LogP contribution is 2.28. The highest BCUT2D eigenvalue weighted by atomic mass is 16.5. The first kappa shape index (κ1) is 15.4. The molecular weight excluding hydrogens is 232 g/mol. The van der Waals surface area contributed by atoms with Gasteiger partial charge in [-0.15, -0.1) is 0 Å². The molecule has 1 amide bonds. The van der Waals surface area contributed by atoms with E-state index in [4.69, 9.17) is 4.74 Å². The van der Waals surface area contributed by atoms with Crippen LogP contribution in [0, 0.1) is 5.92 Å². The zero-order chi connectivity index (χ0) is 13.5. The molecule has 2 N–H and O–H groups in total. The van der Waals surface area contributed by atoms with E-state index in [1.54, 1.807) is 11.9 Å². The third kappa shape index (κ3) is 5.80. The first-order valence-corrected chi connectivity index (χ1v) is 6.78. The van der Waals surface area contributed by atoms with Gasteiger partial charge in [0.2, 0.25) is 5.91 Å². The average molecular weight is 258 g/mol. The SMILES string of the molecule is CCN(C)C(=O)C(C)NCC(O)COCC1CC1. The van der Waals surface area contributed by atoms with Crippen molar-refractivity contribution in [1.82, 2.24) is 10.2 Å². The van der Waals surface area contributed by atoms with Gasteiger partial charge in [-0.05, 0) is 32.6 Å². The van der Waals surface area contributed by atoms with Crippen LogP contribution in [0.15, 0.2) is 0 Å². The minimum Gasteiger partial charge on any atom is -0.389 e. The Morgan fingerprint density at radius 2 is 2.22 bits per heavy atom. The molecule has 0 heterocycles. The summed E-state index contributed by atoms with van der Waals surface area (Å²) < 4.78 is 5.40. The molecule has 0 aromatic heterocycles. The molecule has 1 fully saturated rings. The summed E-state index contributed by atoms with van der Waals surface area (Å²) >= 11 is 0. The van der Waals surface area contributed by atoms with Gasteiger partial charge in [0.1, 0.15) is 0 Å². The van der Waals surface area contributed by atoms with Gasteiger partial charge in [-0.2, -0.15) is 0 Å². The van der Waals surface area contributed by atoms with E-state index in [1.807, 2.05) is 13.8 Å². The quantitative estimate of drug-likeness (QED) is 0.621. The van der Waals surface area contributed by atoms with Crippen molar-refractivity contribution in [2.75, 3.05) is 33.4 Å². The van der Waals surface area contributed by atoms with Crippen LogP contribution in [0.5, 0.6) is 0 Å². The summed E-state index contributed by atoms with van der Waals surface area (Å²) in [4.78, 5) is 13.4. The number of aliphatic hydroxyl groups is 1. The second-order valence-corrected chi connectivity index (χ2v) is 5.12. The Bertz CT molecular complexity index is 257. The van der Waals surface area contributed by atoms with Crippen molar-refractivity contribution in [3.8, 4) is 0 Å². The van der Waals surface area contributed by atoms with E-state index in [0.29, 0.717) is 25.6 Å². The third-order valence-corrected chi connectivity index (χ3v) is 3.24. The van der Waals surface area contributed by atoms with E-state index in [1.165, 1.54) is 12.8 Å². The molecule has 5 heteroatoms. The monoisotopic (exact) mass is 258 g/mol. The molecule has 0 radical (unpaired) electrons. The Kier molecular flexibility index (Phi) is 6.60. The fourth-order valence-electron chi connectivity index (χ4n) is 1.60. The second kappa shape index (κ2) is 7.71. The highest BCUT2D eigenvalue weighted by molar-refractivity contribution is 5.81. The number of nitrogens with one attached hydrogen (secondary N) is 1. The van der Waals surface area contributed by atoms with Crippen LogP contribution in [0.1, 0.15) is 26.7 Å². The predicted octanol–water partition coefficient (Wildman–Crippen LogP) is 0.230. The van der Waals surface area contributed by atoms with Crippen LogP contribution in [0.3, 0.4) is 0 Å². The lowest BCUT2D eigenvalue weighted by molar-refractivity contribution is -0.131. The molecule has 18 heavy (non-hydrogen) atoms. The van der Waals surface area contributed by atoms with Gasteiger partial charge in [-0.1, -0.05) is 0 Å². The zero-order valence-electron chi connectivity index (χ0n) is 11.7. The van der Waals surface area contributed by atoms with E-state index in [0.717, 1.165) is 6.61 Å². The van der Waals surface area contributed by atoms with Crippen molar-refractivity contribution in [2.24, 2.45) is 5.92 Å². The Labute approximate surface area is 109 Å². The van der Waals surface area contributed by atoms with Crippen LogP contribution >= 0.6 is 0 Å². The van der Waals surface area contributed by atoms with Gasteiger partial charge in [0, 0.05) is 26.7 Å². The maximum Gasteiger partial charge on any atom is 0.239 e. The van der Waals surface area contributed by atoms with Crippen molar-refractivity contribution < 1.29 is 14.6 Å². The molecule has 5 nitrogen and oxygen atoms in total. The number of likely N-dealkylation sites (N-methyl/N-ethyl adjacent to an activating group) is 1. The smallest absolute Gasteiger partial charge is 0.239 e. The van der Waals surface area contributed by atoms with Crippen molar-refractivity contribution >= 4 is 5.91 Å². The van der Waals surface area contributed by atoms with E-state index >= 15 is 0 Å². The topological polar surface area (TPSA) is 61.8 Å². The fourth-order valence-corrected chi connectivity index (χ4v) is 1.60. The number of ether oxygens (including phenoxy) is 1. The van der Waals surface area contributed by atoms with E-state index in [9.17, 15) is 9.90 Å². The van der Waals surface area contributed by atoms with Gasteiger partial charge in [0.15, 0.2) is 0 Å². The molecule has 0 bridgehead atoms. The molecule has 1 aliphatic carbocycles. The highest BCUT2D eigenvalue weighted by Gasteiger charge is 2.22. The molecule has 1 aliphatic rings. The fraction of sp³-hybridized carbons (Fsp3) is 0.923. The molecule has 0 saturated heterocycles. The molecule has 0 aromatic rings. The molecular formula is C13H26N2O3. The summed E-state index contributed by atoms with van der Waals surface area (Å²) in [5.74, 6) is 0.757. The van der Waals surface area contributed by atoms with Gasteiger partial charge in [-0.25, -0.2) is 0 Å². The van der Waals surface area contributed by atoms with Gasteiger partial charge >= 0.3 is 0 Å². The van der Waals surface area contributed by atoms with Crippen LogP contribution in [0.2, 0.25) is 0 Å². The van der Waals surface area contributed by atoms with E-state index in [2.05, 4.69) is 5.32 Å². The van der Waals surface area contributed by atoms with Gasteiger partial charge in [0.25, 0.3) is 0 Å². The van der Waals surface area contributed by atoms with Crippen molar-refractivity contribution in [3.63, 3.8) is 0 Å². The van der Waals surface area contributed by atoms with Crippen LogP contribution in [-0.4, -0.2) is 61.4 Å². The predicted molar refractivity (Wildman–Crippen MR) is 70.3 cm³/mol. The van der Waals surface area contributed by atoms with Gasteiger partial charge < -0.3 is 20.1 Å². The molecule has 2 atom stereocenters. The molecule has 1 saturated carbocycles. The lowest BCUT2D eigenvalue weighted by Crippen LogP contribution is -2.46. The average Bonchev–Trinajstić information content (AvgIpc) is 3.18. The number of carbonyl (C=O) groups excluding carboxylic acids is 1. The Hall–Kier alpha value is -0.650. The summed E-state index contributed by atoms with van der Waals surface area (Å²) in [6, 6.07) is -0.270. The zero-order valence-corrected chi connectivity index (χ0v) is 11.7. The number of hydrogen-bond donors (Lipinski definition) is 2. The molecule has 0 spiro atoms. The number of hydrogen-bond acceptors (Lipinski definition) is 4. The van der Waals surface area contributed by atoms with Gasteiger partial charge in [0.05, 0.1) is 18.8 Å². The Balaban J connectivity index is 2.07. The van der Waals surface area contributed by atoms with Crippen LogP contribution < -0.4 is 5.32 Å². The molecule has 106 valence electrons. The maximum atomic E-state index is 11.7. The summed E-state index contributed by atoms with van der Waals surface area (Å²) in [7, 11) is 1.77. The van der Waals surface area contributed by atoms with Crippen LogP contribution in [0.25, 0.3) is 0 Å². The standard InChI is InChI=1S/C13H26N2O3/c1-4-15(3)13(17)10(2)14-7-12(16)9-18-8-11-5-6-11/h10-12,14,16H,4-9H2,1-3H3. The summed E-state index contributed by atoms with van der Waals surface area (Å²) in [6.45, 7) is 5.92. The number of carbonyl (C=O) groups is 1. The normalized spacial score (nSPS) is 18.4. The number of aliphatic hydroxyl groups excluding tert-OH is 1. The third-order valence-electron chi connectivity index (χ3n) is 3.24. The Morgan fingerprint density at radius 3 is 2.78 bits per heavy atom. The lowest BCUT2D eigenvalue weighted by atomic mass is 10.2. The first-order chi connectivity index (χ1) is 8.54. The molecule has 1 rings (SSSR count). The van der Waals surface area contributed by atoms with Crippen molar-refractivity contribution in [3.05, 3.63) is 0 Å². The summed E-state index contributed by atoms with van der Waals surface area (Å²) in [5.41, 5.74) is 0. The summed E-state index contributed by atoms with van der Waals surface area (Å²) in [6.07, 6.45) is 1.96. The number of nitrogens with zero attached hydrogens (tertiary/aromatic N) is 1. The van der Waals surface area contributed by atoms with E-state index in [-0.39, 0.29) is 11.9 Å².